The third-order valence-electron chi connectivity index (χ3n) is 2.63. The van der Waals surface area contributed by atoms with Crippen LogP contribution in [0.4, 0.5) is 0 Å². The Bertz CT molecular complexity index is 661. The molecule has 0 bridgehead atoms. The molecule has 2 rings (SSSR count). The van der Waals surface area contributed by atoms with Crippen LogP contribution in [0.15, 0.2) is 42.5 Å². The van der Waals surface area contributed by atoms with Gasteiger partial charge >= 0.3 is 5.97 Å². The molecule has 0 radical (unpaired) electrons. The summed E-state index contributed by atoms with van der Waals surface area (Å²) in [4.78, 5) is 23.2. The number of benzene rings is 2. The molecule has 0 aliphatic rings. The van der Waals surface area contributed by atoms with Gasteiger partial charge in [0, 0.05) is 11.6 Å². The van der Waals surface area contributed by atoms with E-state index in [2.05, 4.69) is 0 Å². The Morgan fingerprint density at radius 2 is 1.47 bits per heavy atom. The molecule has 19 heavy (non-hydrogen) atoms. The van der Waals surface area contributed by atoms with E-state index in [1.54, 1.807) is 0 Å². The molecule has 5 heteroatoms. The van der Waals surface area contributed by atoms with Gasteiger partial charge in [0.05, 0.1) is 11.1 Å². The predicted octanol–water partition coefficient (Wildman–Crippen LogP) is 2.03. The van der Waals surface area contributed by atoms with E-state index in [-0.39, 0.29) is 22.4 Å². The molecular formula is C14H10O5. The topological polar surface area (TPSA) is 94.8 Å². The summed E-state index contributed by atoms with van der Waals surface area (Å²) < 4.78 is 0. The van der Waals surface area contributed by atoms with Gasteiger partial charge in [0.1, 0.15) is 11.5 Å². The molecule has 96 valence electrons. The molecule has 3 N–H and O–H groups in total. The summed E-state index contributed by atoms with van der Waals surface area (Å²) >= 11 is 0. The maximum absolute atomic E-state index is 12.2. The van der Waals surface area contributed by atoms with E-state index in [1.165, 1.54) is 36.4 Å². The molecule has 2 aromatic carbocycles. The number of aromatic hydroxyl groups is 2. The number of rotatable bonds is 3. The molecule has 0 amide bonds. The lowest BCUT2D eigenvalue weighted by atomic mass is 9.98. The van der Waals surface area contributed by atoms with Crippen LogP contribution in [0.25, 0.3) is 0 Å². The third-order valence-corrected chi connectivity index (χ3v) is 2.63. The first-order valence-electron chi connectivity index (χ1n) is 5.39. The molecule has 0 spiro atoms. The monoisotopic (exact) mass is 258 g/mol. The molecule has 0 saturated heterocycles. The minimum atomic E-state index is -1.22. The zero-order valence-electron chi connectivity index (χ0n) is 9.70. The van der Waals surface area contributed by atoms with Gasteiger partial charge in [0.2, 0.25) is 0 Å². The van der Waals surface area contributed by atoms with Gasteiger partial charge in [0.15, 0.2) is 5.78 Å². The third kappa shape index (κ3) is 2.40. The van der Waals surface area contributed by atoms with Crippen molar-refractivity contribution in [3.8, 4) is 11.5 Å². The first-order valence-corrected chi connectivity index (χ1v) is 5.39. The normalized spacial score (nSPS) is 10.1. The maximum Gasteiger partial charge on any atom is 0.336 e. The first-order chi connectivity index (χ1) is 9.00. The van der Waals surface area contributed by atoms with Gasteiger partial charge in [-0.05, 0) is 18.2 Å². The number of carbonyl (C=O) groups is 2. The zero-order chi connectivity index (χ0) is 14.0. The Balaban J connectivity index is 2.53. The van der Waals surface area contributed by atoms with Crippen LogP contribution < -0.4 is 0 Å². The molecule has 0 atom stereocenters. The fraction of sp³-hybridized carbons (Fsp3) is 0. The number of aromatic carboxylic acids is 1. The molecule has 0 saturated carbocycles. The molecule has 5 nitrogen and oxygen atoms in total. The van der Waals surface area contributed by atoms with Crippen LogP contribution in [0.2, 0.25) is 0 Å². The van der Waals surface area contributed by atoms with Crippen LogP contribution in [0.1, 0.15) is 26.3 Å². The molecule has 0 fully saturated rings. The summed E-state index contributed by atoms with van der Waals surface area (Å²) in [6.07, 6.45) is 0. The Hall–Kier alpha value is -2.82. The van der Waals surface area contributed by atoms with E-state index in [0.29, 0.717) is 0 Å². The van der Waals surface area contributed by atoms with E-state index < -0.39 is 17.5 Å². The Kier molecular flexibility index (Phi) is 3.20. The first kappa shape index (κ1) is 12.6. The number of ketones is 1. The minimum Gasteiger partial charge on any atom is -0.508 e. The Labute approximate surface area is 108 Å². The largest absolute Gasteiger partial charge is 0.508 e. The molecular weight excluding hydrogens is 248 g/mol. The van der Waals surface area contributed by atoms with Crippen molar-refractivity contribution < 1.29 is 24.9 Å². The number of phenolic OH excluding ortho intramolecular Hbond substituents is 2. The van der Waals surface area contributed by atoms with Crippen molar-refractivity contribution in [3.63, 3.8) is 0 Å². The highest BCUT2D eigenvalue weighted by atomic mass is 16.4. The number of carboxylic acid groups (broad SMARTS) is 1. The molecule has 0 unspecified atom stereocenters. The minimum absolute atomic E-state index is 0.0176. The van der Waals surface area contributed by atoms with Crippen molar-refractivity contribution in [2.45, 2.75) is 0 Å². The Morgan fingerprint density at radius 1 is 0.842 bits per heavy atom. The number of phenols is 2. The number of hydrogen-bond acceptors (Lipinski definition) is 4. The predicted molar refractivity (Wildman–Crippen MR) is 66.6 cm³/mol. The summed E-state index contributed by atoms with van der Waals surface area (Å²) in [7, 11) is 0. The second-order valence-corrected chi connectivity index (χ2v) is 3.88. The molecule has 0 aromatic heterocycles. The van der Waals surface area contributed by atoms with Gasteiger partial charge in [-0.2, -0.15) is 0 Å². The fourth-order valence-electron chi connectivity index (χ4n) is 1.72. The van der Waals surface area contributed by atoms with E-state index >= 15 is 0 Å². The van der Waals surface area contributed by atoms with Crippen LogP contribution in [0.5, 0.6) is 11.5 Å². The second kappa shape index (κ2) is 4.81. The average Bonchev–Trinajstić information content (AvgIpc) is 2.38. The van der Waals surface area contributed by atoms with Crippen molar-refractivity contribution in [3.05, 3.63) is 59.2 Å². The van der Waals surface area contributed by atoms with Crippen LogP contribution in [-0.2, 0) is 0 Å². The molecule has 2 aromatic rings. The number of carboxylic acids is 1. The van der Waals surface area contributed by atoms with Crippen molar-refractivity contribution >= 4 is 11.8 Å². The van der Waals surface area contributed by atoms with Crippen molar-refractivity contribution in [1.29, 1.82) is 0 Å². The summed E-state index contributed by atoms with van der Waals surface area (Å²) in [5.41, 5.74) is -0.220. The van der Waals surface area contributed by atoms with E-state index in [0.717, 1.165) is 6.07 Å². The van der Waals surface area contributed by atoms with Crippen LogP contribution in [0.3, 0.4) is 0 Å². The van der Waals surface area contributed by atoms with Gasteiger partial charge in [-0.1, -0.05) is 18.2 Å². The van der Waals surface area contributed by atoms with Crippen molar-refractivity contribution in [2.75, 3.05) is 0 Å². The van der Waals surface area contributed by atoms with Gasteiger partial charge in [-0.25, -0.2) is 4.79 Å². The highest BCUT2D eigenvalue weighted by Crippen LogP contribution is 2.26. The summed E-state index contributed by atoms with van der Waals surface area (Å²) in [5.74, 6) is -2.41. The molecule has 0 aliphatic carbocycles. The molecule has 0 heterocycles. The van der Waals surface area contributed by atoms with Crippen LogP contribution in [0, 0.1) is 0 Å². The van der Waals surface area contributed by atoms with Crippen molar-refractivity contribution in [1.82, 2.24) is 0 Å². The van der Waals surface area contributed by atoms with Gasteiger partial charge < -0.3 is 15.3 Å². The zero-order valence-corrected chi connectivity index (χ0v) is 9.70. The second-order valence-electron chi connectivity index (χ2n) is 3.88. The van der Waals surface area contributed by atoms with Gasteiger partial charge in [-0.3, -0.25) is 4.79 Å². The lowest BCUT2D eigenvalue weighted by Gasteiger charge is -2.07. The lowest BCUT2D eigenvalue weighted by molar-refractivity contribution is 0.0692. The van der Waals surface area contributed by atoms with Crippen molar-refractivity contribution in [2.24, 2.45) is 0 Å². The highest BCUT2D eigenvalue weighted by Gasteiger charge is 2.19. The number of carbonyl (C=O) groups excluding carboxylic acids is 1. The highest BCUT2D eigenvalue weighted by molar-refractivity contribution is 6.15. The summed E-state index contributed by atoms with van der Waals surface area (Å²) in [6.45, 7) is 0. The average molecular weight is 258 g/mol. The quantitative estimate of drug-likeness (QED) is 0.732. The maximum atomic E-state index is 12.2. The summed E-state index contributed by atoms with van der Waals surface area (Å²) in [6, 6.07) is 9.25. The number of hydrogen-bond donors (Lipinski definition) is 3. The van der Waals surface area contributed by atoms with E-state index in [9.17, 15) is 14.7 Å². The standard InChI is InChI=1S/C14H10O5/c15-8-5-6-11(12(16)7-8)13(17)9-3-1-2-4-10(9)14(18)19/h1-7,15-16H,(H,18,19). The van der Waals surface area contributed by atoms with Gasteiger partial charge in [0.25, 0.3) is 0 Å². The van der Waals surface area contributed by atoms with Gasteiger partial charge in [-0.15, -0.1) is 0 Å². The van der Waals surface area contributed by atoms with Crippen LogP contribution in [-0.4, -0.2) is 27.1 Å². The molecule has 0 aliphatic heterocycles. The van der Waals surface area contributed by atoms with E-state index in [1.807, 2.05) is 0 Å². The summed E-state index contributed by atoms with van der Waals surface area (Å²) in [5, 5.41) is 27.8. The van der Waals surface area contributed by atoms with E-state index in [4.69, 9.17) is 10.2 Å². The lowest BCUT2D eigenvalue weighted by Crippen LogP contribution is -2.09. The van der Waals surface area contributed by atoms with Crippen LogP contribution >= 0.6 is 0 Å². The Morgan fingerprint density at radius 3 is 2.05 bits per heavy atom. The fourth-order valence-corrected chi connectivity index (χ4v) is 1.72. The SMILES string of the molecule is O=C(O)c1ccccc1C(=O)c1ccc(O)cc1O. The smallest absolute Gasteiger partial charge is 0.336 e.